The Morgan fingerprint density at radius 2 is 1.62 bits per heavy atom. The standard InChI is InChI=1S/C23H26N2O4/c1-15(2)25-12-11-24(13-21(25)22(26)27)23(28)29-14-20-18-9-5-3-7-16(18)17-8-4-6-10-19(17)20/h3-10,15,20-21H,11-14H2,1-2H3,(H,26,27). The van der Waals surface area contributed by atoms with Gasteiger partial charge in [0.25, 0.3) is 0 Å². The molecule has 2 aromatic rings. The smallest absolute Gasteiger partial charge is 0.409 e. The van der Waals surface area contributed by atoms with E-state index in [1.165, 1.54) is 16.0 Å². The van der Waals surface area contributed by atoms with Crippen LogP contribution in [0.3, 0.4) is 0 Å². The minimum atomic E-state index is -0.908. The Morgan fingerprint density at radius 3 is 2.17 bits per heavy atom. The van der Waals surface area contributed by atoms with Crippen molar-refractivity contribution in [3.63, 3.8) is 0 Å². The van der Waals surface area contributed by atoms with Crippen molar-refractivity contribution < 1.29 is 19.4 Å². The number of carboxylic acids is 1. The molecule has 2 aliphatic rings. The molecule has 1 atom stereocenters. The molecule has 1 saturated heterocycles. The van der Waals surface area contributed by atoms with E-state index in [2.05, 4.69) is 24.3 Å². The van der Waals surface area contributed by atoms with Crippen molar-refractivity contribution in [2.45, 2.75) is 31.8 Å². The van der Waals surface area contributed by atoms with Crippen molar-refractivity contribution in [3.05, 3.63) is 59.7 Å². The summed E-state index contributed by atoms with van der Waals surface area (Å²) in [5, 5.41) is 9.56. The highest BCUT2D eigenvalue weighted by atomic mass is 16.6. The summed E-state index contributed by atoms with van der Waals surface area (Å²) >= 11 is 0. The summed E-state index contributed by atoms with van der Waals surface area (Å²) in [7, 11) is 0. The Morgan fingerprint density at radius 1 is 1.03 bits per heavy atom. The third-order valence-corrected chi connectivity index (χ3v) is 5.96. The maximum Gasteiger partial charge on any atom is 0.409 e. The van der Waals surface area contributed by atoms with Crippen molar-refractivity contribution in [1.82, 2.24) is 9.80 Å². The van der Waals surface area contributed by atoms with Gasteiger partial charge in [0, 0.05) is 25.0 Å². The molecule has 29 heavy (non-hydrogen) atoms. The van der Waals surface area contributed by atoms with Crippen molar-refractivity contribution in [1.29, 1.82) is 0 Å². The Kier molecular flexibility index (Phi) is 5.28. The number of piperazine rings is 1. The van der Waals surface area contributed by atoms with E-state index in [0.29, 0.717) is 13.1 Å². The van der Waals surface area contributed by atoms with Crippen LogP contribution in [0.2, 0.25) is 0 Å². The third kappa shape index (κ3) is 3.60. The van der Waals surface area contributed by atoms with E-state index in [-0.39, 0.29) is 25.1 Å². The molecule has 1 N–H and O–H groups in total. The predicted octanol–water partition coefficient (Wildman–Crippen LogP) is 3.41. The van der Waals surface area contributed by atoms with Crippen LogP contribution in [-0.2, 0) is 9.53 Å². The van der Waals surface area contributed by atoms with Crippen molar-refractivity contribution >= 4 is 12.1 Å². The van der Waals surface area contributed by atoms with Crippen LogP contribution in [0.1, 0.15) is 30.9 Å². The molecule has 0 bridgehead atoms. The highest BCUT2D eigenvalue weighted by molar-refractivity contribution is 5.79. The quantitative estimate of drug-likeness (QED) is 0.861. The van der Waals surface area contributed by atoms with Gasteiger partial charge in [-0.3, -0.25) is 9.69 Å². The summed E-state index contributed by atoms with van der Waals surface area (Å²) < 4.78 is 5.68. The van der Waals surface area contributed by atoms with Crippen molar-refractivity contribution in [2.75, 3.05) is 26.2 Å². The second-order valence-corrected chi connectivity index (χ2v) is 7.94. The first-order valence-corrected chi connectivity index (χ1v) is 10.1. The molecular weight excluding hydrogens is 368 g/mol. The van der Waals surface area contributed by atoms with Crippen LogP contribution >= 0.6 is 0 Å². The summed E-state index contributed by atoms with van der Waals surface area (Å²) in [5.74, 6) is -0.909. The molecule has 6 nitrogen and oxygen atoms in total. The molecule has 1 heterocycles. The fourth-order valence-electron chi connectivity index (χ4n) is 4.49. The van der Waals surface area contributed by atoms with Crippen LogP contribution in [0, 0.1) is 0 Å². The molecule has 0 radical (unpaired) electrons. The monoisotopic (exact) mass is 394 g/mol. The van der Waals surface area contributed by atoms with E-state index in [1.807, 2.05) is 43.0 Å². The number of benzene rings is 2. The van der Waals surface area contributed by atoms with Crippen LogP contribution in [0.25, 0.3) is 11.1 Å². The summed E-state index contributed by atoms with van der Waals surface area (Å²) in [4.78, 5) is 27.8. The maximum atomic E-state index is 12.7. The number of fused-ring (bicyclic) bond motifs is 3. The molecular formula is C23H26N2O4. The van der Waals surface area contributed by atoms with Gasteiger partial charge in [0.1, 0.15) is 12.6 Å². The topological polar surface area (TPSA) is 70.1 Å². The molecule has 4 rings (SSSR count). The van der Waals surface area contributed by atoms with Crippen molar-refractivity contribution in [2.24, 2.45) is 0 Å². The first-order valence-electron chi connectivity index (χ1n) is 10.1. The lowest BCUT2D eigenvalue weighted by Crippen LogP contribution is -2.59. The van der Waals surface area contributed by atoms with Crippen LogP contribution < -0.4 is 0 Å². The Balaban J connectivity index is 1.46. The van der Waals surface area contributed by atoms with Crippen LogP contribution in [0.15, 0.2) is 48.5 Å². The number of carbonyl (C=O) groups is 2. The van der Waals surface area contributed by atoms with E-state index < -0.39 is 18.1 Å². The van der Waals surface area contributed by atoms with Gasteiger partial charge in [0.05, 0.1) is 6.54 Å². The molecule has 1 aliphatic carbocycles. The lowest BCUT2D eigenvalue weighted by atomic mass is 9.98. The van der Waals surface area contributed by atoms with Gasteiger partial charge < -0.3 is 14.7 Å². The van der Waals surface area contributed by atoms with Gasteiger partial charge in [-0.05, 0) is 36.1 Å². The second-order valence-electron chi connectivity index (χ2n) is 7.94. The largest absolute Gasteiger partial charge is 0.480 e. The van der Waals surface area contributed by atoms with Gasteiger partial charge >= 0.3 is 12.1 Å². The van der Waals surface area contributed by atoms with Gasteiger partial charge in [-0.2, -0.15) is 0 Å². The van der Waals surface area contributed by atoms with Crippen molar-refractivity contribution in [3.8, 4) is 11.1 Å². The predicted molar refractivity (Wildman–Crippen MR) is 110 cm³/mol. The molecule has 1 amide bonds. The number of hydrogen-bond donors (Lipinski definition) is 1. The molecule has 1 aliphatic heterocycles. The number of ether oxygens (including phenoxy) is 1. The summed E-state index contributed by atoms with van der Waals surface area (Å²) in [6.07, 6.45) is -0.443. The number of amides is 1. The molecule has 0 saturated carbocycles. The summed E-state index contributed by atoms with van der Waals surface area (Å²) in [6, 6.07) is 15.8. The maximum absolute atomic E-state index is 12.7. The summed E-state index contributed by atoms with van der Waals surface area (Å²) in [6.45, 7) is 5.33. The van der Waals surface area contributed by atoms with E-state index in [9.17, 15) is 14.7 Å². The van der Waals surface area contributed by atoms with E-state index >= 15 is 0 Å². The third-order valence-electron chi connectivity index (χ3n) is 5.96. The van der Waals surface area contributed by atoms with Crippen LogP contribution in [0.5, 0.6) is 0 Å². The SMILES string of the molecule is CC(C)N1CCN(C(=O)OCC2c3ccccc3-c3ccccc32)CC1C(=O)O. The second kappa shape index (κ2) is 7.87. The van der Waals surface area contributed by atoms with Gasteiger partial charge in [0.15, 0.2) is 0 Å². The zero-order chi connectivity index (χ0) is 20.5. The normalized spacial score (nSPS) is 19.1. The fraction of sp³-hybridized carbons (Fsp3) is 0.391. The lowest BCUT2D eigenvalue weighted by molar-refractivity contribution is -0.146. The number of rotatable bonds is 4. The minimum absolute atomic E-state index is 0.00132. The molecule has 1 fully saturated rings. The van der Waals surface area contributed by atoms with Gasteiger partial charge in [-0.25, -0.2) is 4.79 Å². The minimum Gasteiger partial charge on any atom is -0.480 e. The number of nitrogens with zero attached hydrogens (tertiary/aromatic N) is 2. The van der Waals surface area contributed by atoms with Gasteiger partial charge in [-0.15, -0.1) is 0 Å². The highest BCUT2D eigenvalue weighted by Crippen LogP contribution is 2.44. The molecule has 152 valence electrons. The summed E-state index contributed by atoms with van der Waals surface area (Å²) in [5.41, 5.74) is 4.69. The molecule has 0 aromatic heterocycles. The van der Waals surface area contributed by atoms with Gasteiger partial charge in [0.2, 0.25) is 0 Å². The number of aliphatic carboxylic acids is 1. The van der Waals surface area contributed by atoms with Crippen LogP contribution in [-0.4, -0.2) is 65.3 Å². The fourth-order valence-corrected chi connectivity index (χ4v) is 4.49. The number of carbonyl (C=O) groups excluding carboxylic acids is 1. The molecule has 0 spiro atoms. The molecule has 6 heteroatoms. The zero-order valence-electron chi connectivity index (χ0n) is 16.7. The highest BCUT2D eigenvalue weighted by Gasteiger charge is 2.36. The average Bonchev–Trinajstić information content (AvgIpc) is 3.05. The molecule has 1 unspecified atom stereocenters. The Bertz CT molecular complexity index is 881. The lowest BCUT2D eigenvalue weighted by Gasteiger charge is -2.40. The number of hydrogen-bond acceptors (Lipinski definition) is 4. The van der Waals surface area contributed by atoms with Crippen LogP contribution in [0.4, 0.5) is 4.79 Å². The number of carboxylic acid groups (broad SMARTS) is 1. The Labute approximate surface area is 170 Å². The van der Waals surface area contributed by atoms with E-state index in [1.54, 1.807) is 0 Å². The average molecular weight is 394 g/mol. The first-order chi connectivity index (χ1) is 14.0. The zero-order valence-corrected chi connectivity index (χ0v) is 16.7. The van der Waals surface area contributed by atoms with E-state index in [4.69, 9.17) is 4.74 Å². The first kappa shape index (κ1) is 19.5. The Hall–Kier alpha value is -2.86. The van der Waals surface area contributed by atoms with Gasteiger partial charge in [-0.1, -0.05) is 48.5 Å². The van der Waals surface area contributed by atoms with E-state index in [0.717, 1.165) is 11.1 Å². The molecule has 2 aromatic carbocycles.